The molecule has 1 aromatic heterocycles. The Morgan fingerprint density at radius 2 is 2.48 bits per heavy atom. The monoisotopic (exact) mass is 329 g/mol. The quantitative estimate of drug-likeness (QED) is 0.622. The number of carbonyl (C=O) groups excluding carboxylic acids is 1. The molecule has 1 aromatic rings. The SMILES string of the molecule is O=C(C#P=S)Nc1ccn([C@H]2C[C@H](O)[C@@H](CO)O2)c(=O)n1. The Labute approximate surface area is 125 Å². The van der Waals surface area contributed by atoms with Gasteiger partial charge in [0, 0.05) is 0 Å². The number of anilines is 1. The number of aliphatic hydroxyl groups excluding tert-OH is 2. The normalized spacial score (nSPS) is 24.4. The van der Waals surface area contributed by atoms with Gasteiger partial charge in [-0.1, -0.05) is 0 Å². The van der Waals surface area contributed by atoms with Crippen molar-refractivity contribution in [3.8, 4) is 5.63 Å². The molecule has 3 atom stereocenters. The summed E-state index contributed by atoms with van der Waals surface area (Å²) in [6.07, 6.45) is -0.702. The maximum absolute atomic E-state index is 11.9. The summed E-state index contributed by atoms with van der Waals surface area (Å²) < 4.78 is 6.55. The molecule has 0 bridgehead atoms. The Hall–Kier alpha value is -1.34. The van der Waals surface area contributed by atoms with Crippen LogP contribution in [0.4, 0.5) is 5.82 Å². The van der Waals surface area contributed by atoms with Crippen molar-refractivity contribution in [1.29, 1.82) is 0 Å². The van der Waals surface area contributed by atoms with Gasteiger partial charge in [-0.15, -0.1) is 0 Å². The van der Waals surface area contributed by atoms with E-state index >= 15 is 0 Å². The van der Waals surface area contributed by atoms with Crippen molar-refractivity contribution < 1.29 is 19.7 Å². The van der Waals surface area contributed by atoms with Gasteiger partial charge in [0.05, 0.1) is 0 Å². The standard InChI is InChI=1S/C11H12N3O5PS/c15-4-7-6(16)3-10(19-7)14-2-1-8(13-11(14)18)12-9(17)5-20-21/h1-2,6-7,10,15-16H,3-4H2,(H,12,13,17,18)/t6-,7+,10+/m0/s1. The Balaban J connectivity index is 2.16. The summed E-state index contributed by atoms with van der Waals surface area (Å²) in [6, 6.07) is 1.42. The van der Waals surface area contributed by atoms with Crippen LogP contribution >= 0.6 is 6.81 Å². The number of hydrogen-bond donors (Lipinski definition) is 3. The molecule has 10 heteroatoms. The maximum atomic E-state index is 11.9. The first-order valence-electron chi connectivity index (χ1n) is 5.98. The van der Waals surface area contributed by atoms with Crippen molar-refractivity contribution in [3.63, 3.8) is 0 Å². The molecular weight excluding hydrogens is 317 g/mol. The molecule has 1 fully saturated rings. The number of hydrogen-bond acceptors (Lipinski definition) is 7. The Bertz CT molecular complexity index is 703. The molecular formula is C11H12N3O5PS. The van der Waals surface area contributed by atoms with Crippen LogP contribution in [0.3, 0.4) is 0 Å². The summed E-state index contributed by atoms with van der Waals surface area (Å²) in [7, 11) is 0. The zero-order chi connectivity index (χ0) is 15.4. The zero-order valence-corrected chi connectivity index (χ0v) is 12.4. The van der Waals surface area contributed by atoms with Gasteiger partial charge < -0.3 is 0 Å². The summed E-state index contributed by atoms with van der Waals surface area (Å²) in [4.78, 5) is 26.9. The van der Waals surface area contributed by atoms with Crippen molar-refractivity contribution in [2.24, 2.45) is 0 Å². The zero-order valence-electron chi connectivity index (χ0n) is 10.7. The number of ether oxygens (including phenoxy) is 1. The van der Waals surface area contributed by atoms with Crippen LogP contribution in [0.1, 0.15) is 12.6 Å². The molecule has 0 unspecified atom stereocenters. The van der Waals surface area contributed by atoms with Crippen molar-refractivity contribution in [2.45, 2.75) is 24.9 Å². The second-order valence-electron chi connectivity index (χ2n) is 4.27. The summed E-state index contributed by atoms with van der Waals surface area (Å²) in [5, 5.41) is 21.0. The van der Waals surface area contributed by atoms with E-state index in [0.717, 1.165) is 0 Å². The molecule has 1 aliphatic heterocycles. The number of amides is 1. The van der Waals surface area contributed by atoms with Crippen LogP contribution in [0.2, 0.25) is 0 Å². The van der Waals surface area contributed by atoms with Gasteiger partial charge in [0.15, 0.2) is 0 Å². The van der Waals surface area contributed by atoms with Gasteiger partial charge in [-0.05, 0) is 0 Å². The average Bonchev–Trinajstić information content (AvgIpc) is 2.80. The molecule has 0 aromatic carbocycles. The predicted octanol–water partition coefficient (Wildman–Crippen LogP) is -0.810. The van der Waals surface area contributed by atoms with E-state index in [1.807, 2.05) is 0 Å². The first-order chi connectivity index (χ1) is 10.0. The van der Waals surface area contributed by atoms with Crippen molar-refractivity contribution in [1.82, 2.24) is 9.55 Å². The Morgan fingerprint density at radius 1 is 1.71 bits per heavy atom. The third kappa shape index (κ3) is 3.85. The average molecular weight is 329 g/mol. The summed E-state index contributed by atoms with van der Waals surface area (Å²) in [5.41, 5.74) is 1.67. The molecule has 2 heterocycles. The van der Waals surface area contributed by atoms with E-state index in [9.17, 15) is 14.7 Å². The number of aliphatic hydroxyl groups is 2. The van der Waals surface area contributed by atoms with Crippen LogP contribution < -0.4 is 11.0 Å². The molecule has 3 N–H and O–H groups in total. The minimum atomic E-state index is -0.846. The van der Waals surface area contributed by atoms with Crippen molar-refractivity contribution >= 4 is 30.3 Å². The molecule has 0 spiro atoms. The van der Waals surface area contributed by atoms with Gasteiger partial charge in [-0.3, -0.25) is 0 Å². The fourth-order valence-electron chi connectivity index (χ4n) is 1.94. The van der Waals surface area contributed by atoms with Crippen LogP contribution in [0.15, 0.2) is 17.1 Å². The minimum absolute atomic E-state index is 0.0738. The Morgan fingerprint density at radius 3 is 3.05 bits per heavy atom. The van der Waals surface area contributed by atoms with E-state index in [2.05, 4.69) is 27.7 Å². The Kier molecular flexibility index (Phi) is 5.41. The van der Waals surface area contributed by atoms with Gasteiger partial charge in [0.1, 0.15) is 0 Å². The second kappa shape index (κ2) is 7.09. The third-order valence-electron chi connectivity index (χ3n) is 2.91. The van der Waals surface area contributed by atoms with Gasteiger partial charge in [-0.2, -0.15) is 0 Å². The van der Waals surface area contributed by atoms with Crippen LogP contribution in [-0.4, -0.2) is 44.5 Å². The van der Waals surface area contributed by atoms with Crippen molar-refractivity contribution in [3.05, 3.63) is 22.7 Å². The number of carbonyl (C=O) groups is 1. The fourth-order valence-corrected chi connectivity index (χ4v) is 2.32. The van der Waals surface area contributed by atoms with Gasteiger partial charge in [0.2, 0.25) is 0 Å². The van der Waals surface area contributed by atoms with E-state index < -0.39 is 30.0 Å². The molecule has 1 aliphatic rings. The molecule has 1 amide bonds. The summed E-state index contributed by atoms with van der Waals surface area (Å²) >= 11 is 4.55. The van der Waals surface area contributed by atoms with Gasteiger partial charge >= 0.3 is 125 Å². The van der Waals surface area contributed by atoms with Crippen LogP contribution in [0.25, 0.3) is 0 Å². The first-order valence-corrected chi connectivity index (χ1v) is 7.89. The van der Waals surface area contributed by atoms with E-state index in [-0.39, 0.29) is 25.7 Å². The number of nitrogens with one attached hydrogen (secondary N) is 1. The molecule has 1 saturated heterocycles. The van der Waals surface area contributed by atoms with E-state index in [0.29, 0.717) is 0 Å². The third-order valence-corrected chi connectivity index (χ3v) is 3.48. The van der Waals surface area contributed by atoms with E-state index in [1.54, 1.807) is 0 Å². The number of nitrogens with zero attached hydrogens (tertiary/aromatic N) is 2. The van der Waals surface area contributed by atoms with Crippen LogP contribution in [0, 0.1) is 5.63 Å². The fraction of sp³-hybridized carbons (Fsp3) is 0.455. The molecule has 2 rings (SSSR count). The number of rotatable bonds is 3. The van der Waals surface area contributed by atoms with E-state index in [1.165, 1.54) is 16.8 Å². The summed E-state index contributed by atoms with van der Waals surface area (Å²) in [5.74, 6) is -0.492. The molecule has 0 radical (unpaired) electrons. The molecule has 112 valence electrons. The van der Waals surface area contributed by atoms with Gasteiger partial charge in [0.25, 0.3) is 0 Å². The predicted molar refractivity (Wildman–Crippen MR) is 76.9 cm³/mol. The number of aromatic nitrogens is 2. The van der Waals surface area contributed by atoms with Crippen molar-refractivity contribution in [2.75, 3.05) is 11.9 Å². The second-order valence-corrected chi connectivity index (χ2v) is 5.23. The van der Waals surface area contributed by atoms with E-state index in [4.69, 9.17) is 9.84 Å². The van der Waals surface area contributed by atoms with Crippen LogP contribution in [0.5, 0.6) is 0 Å². The van der Waals surface area contributed by atoms with Crippen LogP contribution in [-0.2, 0) is 21.3 Å². The molecule has 0 aliphatic carbocycles. The molecule has 0 saturated carbocycles. The topological polar surface area (TPSA) is 114 Å². The molecule has 8 nitrogen and oxygen atoms in total. The first kappa shape index (κ1) is 16.0. The summed E-state index contributed by atoms with van der Waals surface area (Å²) in [6.45, 7) is -0.0733. The molecule has 21 heavy (non-hydrogen) atoms. The van der Waals surface area contributed by atoms with Gasteiger partial charge in [-0.25, -0.2) is 0 Å².